The van der Waals surface area contributed by atoms with Crippen LogP contribution in [0.5, 0.6) is 0 Å². The Kier molecular flexibility index (Phi) is 14.4. The molecule has 1 saturated heterocycles. The molecule has 1 aliphatic heterocycles. The molecule has 12 heavy (non-hydrogen) atoms. The van der Waals surface area contributed by atoms with Gasteiger partial charge in [0.25, 0.3) is 0 Å². The number of hydrogen-bond acceptors (Lipinski definition) is 1. The van der Waals surface area contributed by atoms with E-state index >= 15 is 0 Å². The zero-order valence-corrected chi connectivity index (χ0v) is 8.95. The maximum atomic E-state index is 10.6. The predicted octanol–water partition coefficient (Wildman–Crippen LogP) is 1.23. The minimum absolute atomic E-state index is 0. The van der Waals surface area contributed by atoms with Crippen molar-refractivity contribution in [2.75, 3.05) is 6.54 Å². The molecule has 1 aliphatic rings. The zero-order chi connectivity index (χ0) is 8.53. The van der Waals surface area contributed by atoms with Crippen molar-refractivity contribution in [3.05, 3.63) is 0 Å². The number of halogens is 2. The molecule has 1 fully saturated rings. The molecule has 0 radical (unpaired) electrons. The number of carbonyl (C=O) groups is 1. The van der Waals surface area contributed by atoms with E-state index < -0.39 is 0 Å². The van der Waals surface area contributed by atoms with Crippen molar-refractivity contribution in [1.82, 2.24) is 5.32 Å². The Morgan fingerprint density at radius 1 is 1.25 bits per heavy atom. The fourth-order valence-electron chi connectivity index (χ4n) is 0.904. The van der Waals surface area contributed by atoms with E-state index in [1.54, 1.807) is 0 Å². The van der Waals surface area contributed by atoms with Gasteiger partial charge in [-0.15, -0.1) is 0 Å². The predicted molar refractivity (Wildman–Crippen MR) is 46.8 cm³/mol. The first-order valence-electron chi connectivity index (χ1n) is 3.39. The van der Waals surface area contributed by atoms with Gasteiger partial charge in [0.1, 0.15) is 0 Å². The summed E-state index contributed by atoms with van der Waals surface area (Å²) in [5.74, 6) is 0.225. The Bertz CT molecular complexity index is 106. The summed E-state index contributed by atoms with van der Waals surface area (Å²) in [5, 5.41) is 2.81. The van der Waals surface area contributed by atoms with Crippen molar-refractivity contribution < 1.29 is 23.4 Å². The standard InChI is InChI=1S/C6H11NO.2ClH.Cu.H2O/c8-6-4-2-1-3-5-7-6;;;;/h1-5H2,(H,7,8);2*1H;;1H2/q;;;+2;/p-2. The van der Waals surface area contributed by atoms with Gasteiger partial charge in [-0.1, -0.05) is 6.42 Å². The Hall–Kier alpha value is 0.529. The molecule has 0 aromatic carbocycles. The second-order valence-electron chi connectivity index (χ2n) is 2.20. The summed E-state index contributed by atoms with van der Waals surface area (Å²) in [6.07, 6.45) is 4.18. The van der Waals surface area contributed by atoms with Gasteiger partial charge in [-0.2, -0.15) is 0 Å². The molecule has 0 aliphatic carbocycles. The van der Waals surface area contributed by atoms with Crippen LogP contribution in [0, 0.1) is 0 Å². The quantitative estimate of drug-likeness (QED) is 0.658. The summed E-state index contributed by atoms with van der Waals surface area (Å²) in [5.41, 5.74) is 0. The molecule has 6 heteroatoms. The van der Waals surface area contributed by atoms with E-state index in [0.29, 0.717) is 0 Å². The second kappa shape index (κ2) is 11.5. The van der Waals surface area contributed by atoms with E-state index in [2.05, 4.69) is 25.5 Å². The number of nitrogens with one attached hydrogen (secondary N) is 1. The van der Waals surface area contributed by atoms with Gasteiger partial charge in [-0.05, 0) is 12.8 Å². The number of carbonyl (C=O) groups excluding carboxylic acids is 1. The molecule has 79 valence electrons. The van der Waals surface area contributed by atoms with Gasteiger partial charge in [0.15, 0.2) is 0 Å². The normalized spacial score (nSPS) is 16.3. The van der Waals surface area contributed by atoms with Gasteiger partial charge in [-0.25, -0.2) is 0 Å². The molecule has 0 atom stereocenters. The fraction of sp³-hybridized carbons (Fsp3) is 0.833. The van der Waals surface area contributed by atoms with Gasteiger partial charge in [0, 0.05) is 13.0 Å². The summed E-state index contributed by atoms with van der Waals surface area (Å²) in [6.45, 7) is 0.888. The monoisotopic (exact) mass is 264 g/mol. The van der Waals surface area contributed by atoms with Crippen molar-refractivity contribution in [2.45, 2.75) is 25.7 Å². The summed E-state index contributed by atoms with van der Waals surface area (Å²) in [7, 11) is 9.34. The topological polar surface area (TPSA) is 60.6 Å². The molecule has 0 aromatic heterocycles. The summed E-state index contributed by atoms with van der Waals surface area (Å²) in [4.78, 5) is 10.6. The molecule has 0 unspecified atom stereocenters. The third kappa shape index (κ3) is 10.5. The molecule has 3 nitrogen and oxygen atoms in total. The summed E-state index contributed by atoms with van der Waals surface area (Å²) >= 11 is 0.757. The van der Waals surface area contributed by atoms with Gasteiger partial charge < -0.3 is 10.8 Å². The third-order valence-electron chi connectivity index (χ3n) is 1.40. The molecular weight excluding hydrogens is 253 g/mol. The second-order valence-corrected chi connectivity index (χ2v) is 3.76. The summed E-state index contributed by atoms with van der Waals surface area (Å²) in [6, 6.07) is 0. The Morgan fingerprint density at radius 2 is 1.83 bits per heavy atom. The van der Waals surface area contributed by atoms with E-state index in [1.807, 2.05) is 0 Å². The molecular formula is C6H13Cl2CuNO2. The molecule has 0 aromatic rings. The van der Waals surface area contributed by atoms with E-state index in [9.17, 15) is 4.79 Å². The van der Waals surface area contributed by atoms with E-state index in [4.69, 9.17) is 0 Å². The molecule has 0 spiro atoms. The maximum absolute atomic E-state index is 10.6. The molecule has 1 amide bonds. The van der Waals surface area contributed by atoms with Crippen LogP contribution >= 0.6 is 20.2 Å². The van der Waals surface area contributed by atoms with Crippen LogP contribution in [-0.2, 0) is 17.9 Å². The van der Waals surface area contributed by atoms with E-state index in [-0.39, 0.29) is 11.4 Å². The Morgan fingerprint density at radius 3 is 2.42 bits per heavy atom. The first kappa shape index (κ1) is 15.0. The van der Waals surface area contributed by atoms with Crippen molar-refractivity contribution in [3.63, 3.8) is 0 Å². The number of hydrogen-bond donors (Lipinski definition) is 1. The van der Waals surface area contributed by atoms with Gasteiger partial charge in [0.2, 0.25) is 5.91 Å². The first-order valence-corrected chi connectivity index (χ1v) is 5.98. The zero-order valence-electron chi connectivity index (χ0n) is 6.50. The summed E-state index contributed by atoms with van der Waals surface area (Å²) < 4.78 is 0. The number of rotatable bonds is 0. The van der Waals surface area contributed by atoms with Crippen molar-refractivity contribution in [2.24, 2.45) is 0 Å². The fourth-order valence-corrected chi connectivity index (χ4v) is 0.904. The van der Waals surface area contributed by atoms with E-state index in [1.165, 1.54) is 6.42 Å². The molecule has 3 N–H and O–H groups in total. The van der Waals surface area contributed by atoms with E-state index in [0.717, 1.165) is 38.9 Å². The van der Waals surface area contributed by atoms with Gasteiger partial charge in [0.05, 0.1) is 0 Å². The van der Waals surface area contributed by atoms with Crippen LogP contribution in [0.25, 0.3) is 0 Å². The average Bonchev–Trinajstić information content (AvgIpc) is 2.18. The van der Waals surface area contributed by atoms with Crippen LogP contribution in [-0.4, -0.2) is 17.9 Å². The van der Waals surface area contributed by atoms with Crippen molar-refractivity contribution >= 4 is 26.1 Å². The molecule has 0 saturated carbocycles. The number of amides is 1. The van der Waals surface area contributed by atoms with Crippen LogP contribution in [0.3, 0.4) is 0 Å². The third-order valence-corrected chi connectivity index (χ3v) is 1.40. The van der Waals surface area contributed by atoms with Gasteiger partial charge in [-0.3, -0.25) is 4.79 Å². The first-order chi connectivity index (χ1) is 5.31. The Balaban J connectivity index is 0. The molecule has 1 heterocycles. The SMILES string of the molecule is O.O=C1CCCCCN1.[Cl][Cu][Cl]. The van der Waals surface area contributed by atoms with Crippen molar-refractivity contribution in [3.8, 4) is 0 Å². The van der Waals surface area contributed by atoms with Crippen LogP contribution in [0.15, 0.2) is 0 Å². The van der Waals surface area contributed by atoms with Crippen LogP contribution in [0.4, 0.5) is 0 Å². The van der Waals surface area contributed by atoms with Gasteiger partial charge >= 0.3 is 33.3 Å². The van der Waals surface area contributed by atoms with Crippen molar-refractivity contribution in [1.29, 1.82) is 0 Å². The minimum atomic E-state index is 0. The van der Waals surface area contributed by atoms with Crippen LogP contribution < -0.4 is 5.32 Å². The van der Waals surface area contributed by atoms with Crippen LogP contribution in [0.2, 0.25) is 0 Å². The molecule has 1 rings (SSSR count). The molecule has 0 bridgehead atoms. The average molecular weight is 266 g/mol. The Labute approximate surface area is 87.1 Å². The van der Waals surface area contributed by atoms with Crippen LogP contribution in [0.1, 0.15) is 25.7 Å².